The Morgan fingerprint density at radius 3 is 1.50 bits per heavy atom. The molecular formula is C6H16Cl2O2. The Hall–Kier alpha value is 0.500. The molecule has 66 valence electrons. The van der Waals surface area contributed by atoms with E-state index < -0.39 is 0 Å². The molecule has 0 aromatic heterocycles. The molecule has 0 aromatic carbocycles. The van der Waals surface area contributed by atoms with Gasteiger partial charge in [0, 0.05) is 13.7 Å². The van der Waals surface area contributed by atoms with Crippen molar-refractivity contribution in [3.8, 4) is 0 Å². The summed E-state index contributed by atoms with van der Waals surface area (Å²) in [5.74, 6) is 0. The van der Waals surface area contributed by atoms with Crippen molar-refractivity contribution >= 4 is 23.2 Å². The highest BCUT2D eigenvalue weighted by Gasteiger charge is 1.69. The normalized spacial score (nSPS) is 6.60. The maximum atomic E-state index is 8.07. The molecule has 0 heterocycles. The van der Waals surface area contributed by atoms with Crippen LogP contribution in [0.25, 0.3) is 0 Å². The van der Waals surface area contributed by atoms with Gasteiger partial charge in [0.2, 0.25) is 0 Å². The predicted molar refractivity (Wildman–Crippen MR) is 46.7 cm³/mol. The minimum absolute atomic E-state index is 0.194. The molecule has 0 aliphatic rings. The fraction of sp³-hybridized carbons (Fsp3) is 1.00. The minimum atomic E-state index is 0.194. The Labute approximate surface area is 72.8 Å². The average molecular weight is 191 g/mol. The molecule has 0 bridgehead atoms. The first-order valence-electron chi connectivity index (χ1n) is 3.01. The lowest BCUT2D eigenvalue weighted by Gasteiger charge is -1.79. The fourth-order valence-electron chi connectivity index (χ4n) is 0.158. The Balaban J connectivity index is -0.0000000847. The molecule has 0 aromatic rings. The van der Waals surface area contributed by atoms with Gasteiger partial charge in [0.1, 0.15) is 0 Å². The van der Waals surface area contributed by atoms with E-state index in [0.717, 1.165) is 20.0 Å². The number of halogens is 2. The van der Waals surface area contributed by atoms with Crippen molar-refractivity contribution in [3.63, 3.8) is 0 Å². The smallest absolute Gasteiger partial charge is 0.0967 e. The van der Waals surface area contributed by atoms with E-state index >= 15 is 0 Å². The minimum Gasteiger partial charge on any atom is -0.400 e. The van der Waals surface area contributed by atoms with Crippen LogP contribution >= 0.6 is 23.2 Å². The third kappa shape index (κ3) is 76.5. The van der Waals surface area contributed by atoms with Gasteiger partial charge < -0.3 is 10.2 Å². The van der Waals surface area contributed by atoms with Gasteiger partial charge in [0.25, 0.3) is 0 Å². The summed E-state index contributed by atoms with van der Waals surface area (Å²) in [6, 6.07) is 0. The molecule has 4 heteroatoms. The molecule has 0 spiro atoms. The first-order chi connectivity index (χ1) is 4.83. The van der Waals surface area contributed by atoms with Crippen molar-refractivity contribution in [3.05, 3.63) is 0 Å². The zero-order chi connectivity index (χ0) is 8.83. The molecule has 0 saturated heterocycles. The summed E-state index contributed by atoms with van der Waals surface area (Å²) < 4.78 is 0. The Kier molecular flexibility index (Phi) is 57.1. The number of alkyl halides is 2. The molecule has 0 aliphatic heterocycles. The number of aliphatic hydroxyl groups is 2. The molecule has 2 nitrogen and oxygen atoms in total. The van der Waals surface area contributed by atoms with Gasteiger partial charge in [0.15, 0.2) is 0 Å². The molecule has 0 atom stereocenters. The van der Waals surface area contributed by atoms with Crippen LogP contribution in [0.5, 0.6) is 0 Å². The summed E-state index contributed by atoms with van der Waals surface area (Å²) in [4.78, 5) is 0. The summed E-state index contributed by atoms with van der Waals surface area (Å²) in [5, 5.41) is 15.3. The largest absolute Gasteiger partial charge is 0.400 e. The lowest BCUT2D eigenvalue weighted by molar-refractivity contribution is 0.287. The van der Waals surface area contributed by atoms with Gasteiger partial charge >= 0.3 is 0 Å². The molecule has 2 N–H and O–H groups in total. The van der Waals surface area contributed by atoms with E-state index in [0.29, 0.717) is 6.61 Å². The lowest BCUT2D eigenvalue weighted by atomic mass is 10.4. The lowest BCUT2D eigenvalue weighted by Crippen LogP contribution is -1.75. The van der Waals surface area contributed by atoms with Gasteiger partial charge in [0.05, 0.1) is 5.34 Å². The van der Waals surface area contributed by atoms with Crippen LogP contribution < -0.4 is 0 Å². The third-order valence-corrected chi connectivity index (χ3v) is 0.512. The highest BCUT2D eigenvalue weighted by Crippen LogP contribution is 1.78. The highest BCUT2D eigenvalue weighted by molar-refractivity contribution is 6.40. The SMILES string of the molecule is CCCCO.CO.ClCCl. The molecule has 0 rings (SSSR count). The van der Waals surface area contributed by atoms with E-state index in [2.05, 4.69) is 6.92 Å². The van der Waals surface area contributed by atoms with Crippen LogP contribution in [0.3, 0.4) is 0 Å². The van der Waals surface area contributed by atoms with Gasteiger partial charge in [-0.1, -0.05) is 13.3 Å². The zero-order valence-corrected chi connectivity index (χ0v) is 7.99. The molecule has 0 fully saturated rings. The first-order valence-corrected chi connectivity index (χ1v) is 4.07. The molecule has 0 aliphatic carbocycles. The van der Waals surface area contributed by atoms with Crippen molar-refractivity contribution in [2.24, 2.45) is 0 Å². The molecule has 0 unspecified atom stereocenters. The van der Waals surface area contributed by atoms with Crippen molar-refractivity contribution in [1.29, 1.82) is 0 Å². The van der Waals surface area contributed by atoms with Gasteiger partial charge in [-0.3, -0.25) is 0 Å². The molecule has 0 amide bonds. The van der Waals surface area contributed by atoms with Gasteiger partial charge in [-0.15, -0.1) is 23.2 Å². The molecular weight excluding hydrogens is 175 g/mol. The third-order valence-electron chi connectivity index (χ3n) is 0.512. The second kappa shape index (κ2) is 33.9. The van der Waals surface area contributed by atoms with Crippen molar-refractivity contribution in [1.82, 2.24) is 0 Å². The summed E-state index contributed by atoms with van der Waals surface area (Å²) in [7, 11) is 1.00. The molecule has 10 heavy (non-hydrogen) atoms. The number of rotatable bonds is 2. The van der Waals surface area contributed by atoms with Crippen LogP contribution in [0.15, 0.2) is 0 Å². The van der Waals surface area contributed by atoms with Crippen molar-refractivity contribution in [2.75, 3.05) is 19.1 Å². The van der Waals surface area contributed by atoms with E-state index in [4.69, 9.17) is 33.4 Å². The van der Waals surface area contributed by atoms with Crippen LogP contribution in [0.1, 0.15) is 19.8 Å². The van der Waals surface area contributed by atoms with Gasteiger partial charge in [-0.25, -0.2) is 0 Å². The molecule has 0 saturated carbocycles. The fourth-order valence-corrected chi connectivity index (χ4v) is 0.158. The van der Waals surface area contributed by atoms with E-state index in [1.807, 2.05) is 0 Å². The second-order valence-electron chi connectivity index (χ2n) is 1.18. The van der Waals surface area contributed by atoms with Gasteiger partial charge in [-0.05, 0) is 6.42 Å². The van der Waals surface area contributed by atoms with Crippen molar-refractivity contribution < 1.29 is 10.2 Å². The van der Waals surface area contributed by atoms with Crippen molar-refractivity contribution in [2.45, 2.75) is 19.8 Å². The van der Waals surface area contributed by atoms with Crippen LogP contribution in [0.4, 0.5) is 0 Å². The summed E-state index contributed by atoms with van der Waals surface area (Å²) in [5.41, 5.74) is 0. The number of unbranched alkanes of at least 4 members (excludes halogenated alkanes) is 1. The van der Waals surface area contributed by atoms with E-state index in [1.165, 1.54) is 0 Å². The molecule has 0 radical (unpaired) electrons. The standard InChI is InChI=1S/C4H10O.CH2Cl2.CH4O/c1-2-3-4-5;2-1-3;1-2/h5H,2-4H2,1H3;1H2;2H,1H3. The van der Waals surface area contributed by atoms with Crippen LogP contribution in [-0.4, -0.2) is 29.3 Å². The van der Waals surface area contributed by atoms with Crippen LogP contribution in [-0.2, 0) is 0 Å². The first kappa shape index (κ1) is 16.8. The quantitative estimate of drug-likeness (QED) is 0.653. The van der Waals surface area contributed by atoms with Crippen LogP contribution in [0, 0.1) is 0 Å². The Morgan fingerprint density at radius 2 is 1.50 bits per heavy atom. The highest BCUT2D eigenvalue weighted by atomic mass is 35.5. The zero-order valence-electron chi connectivity index (χ0n) is 6.48. The summed E-state index contributed by atoms with van der Waals surface area (Å²) in [6.45, 7) is 2.40. The van der Waals surface area contributed by atoms with Crippen LogP contribution in [0.2, 0.25) is 0 Å². The topological polar surface area (TPSA) is 40.5 Å². The van der Waals surface area contributed by atoms with E-state index in [-0.39, 0.29) is 5.34 Å². The summed E-state index contributed by atoms with van der Waals surface area (Å²) in [6.07, 6.45) is 2.04. The number of aliphatic hydroxyl groups excluding tert-OH is 2. The number of hydrogen-bond acceptors (Lipinski definition) is 2. The Bertz CT molecular complexity index is 27.7. The number of hydrogen-bond donors (Lipinski definition) is 2. The maximum absolute atomic E-state index is 8.07. The van der Waals surface area contributed by atoms with Gasteiger partial charge in [-0.2, -0.15) is 0 Å². The average Bonchev–Trinajstić information content (AvgIpc) is 1.96. The summed E-state index contributed by atoms with van der Waals surface area (Å²) >= 11 is 9.53. The second-order valence-corrected chi connectivity index (χ2v) is 1.99. The van der Waals surface area contributed by atoms with E-state index in [1.54, 1.807) is 0 Å². The Morgan fingerprint density at radius 1 is 1.20 bits per heavy atom. The van der Waals surface area contributed by atoms with E-state index in [9.17, 15) is 0 Å². The predicted octanol–water partition coefficient (Wildman–Crippen LogP) is 1.81. The maximum Gasteiger partial charge on any atom is 0.0967 e. The monoisotopic (exact) mass is 190 g/mol.